The van der Waals surface area contributed by atoms with Crippen molar-refractivity contribution < 1.29 is 18.7 Å². The maximum Gasteiger partial charge on any atom is 0.407 e. The van der Waals surface area contributed by atoms with Crippen LogP contribution in [-0.4, -0.2) is 42.1 Å². The summed E-state index contributed by atoms with van der Waals surface area (Å²) >= 11 is 1.70. The van der Waals surface area contributed by atoms with E-state index in [0.29, 0.717) is 31.8 Å². The highest BCUT2D eigenvalue weighted by molar-refractivity contribution is 7.98. The summed E-state index contributed by atoms with van der Waals surface area (Å²) in [5.74, 6) is 0.980. The Hall–Kier alpha value is -2.52. The molecule has 29 heavy (non-hydrogen) atoms. The van der Waals surface area contributed by atoms with Gasteiger partial charge in [-0.15, -0.1) is 0 Å². The van der Waals surface area contributed by atoms with Gasteiger partial charge >= 0.3 is 6.09 Å². The normalized spacial score (nSPS) is 11.7. The molecule has 0 spiro atoms. The van der Waals surface area contributed by atoms with Crippen LogP contribution < -0.4 is 16.4 Å². The van der Waals surface area contributed by atoms with E-state index in [1.54, 1.807) is 11.8 Å². The van der Waals surface area contributed by atoms with Crippen molar-refractivity contribution >= 4 is 23.8 Å². The first kappa shape index (κ1) is 22.8. The van der Waals surface area contributed by atoms with E-state index in [-0.39, 0.29) is 24.2 Å². The van der Waals surface area contributed by atoms with Crippen LogP contribution in [0.2, 0.25) is 0 Å². The van der Waals surface area contributed by atoms with Gasteiger partial charge in [0.2, 0.25) is 5.89 Å². The summed E-state index contributed by atoms with van der Waals surface area (Å²) in [4.78, 5) is 27.9. The summed E-state index contributed by atoms with van der Waals surface area (Å²) in [5, 5.41) is 5.47. The lowest BCUT2D eigenvalue weighted by Gasteiger charge is -2.07. The number of nitrogens with one attached hydrogen (secondary N) is 2. The molecule has 2 amide bonds. The van der Waals surface area contributed by atoms with E-state index in [1.165, 1.54) is 6.26 Å². The van der Waals surface area contributed by atoms with Crippen LogP contribution in [0.15, 0.2) is 41.0 Å². The standard InChI is InChI=1S/C20H28N4O4S/c1-29-12-9-16(21)19-24-17(14-27-19)18(25)22-10-5-6-11-23-20(26)28-13-15-7-3-2-4-8-15/h2-4,7-8,14,16H,5-6,9-13,21H2,1H3,(H,22,25)(H,23,26). The average molecular weight is 421 g/mol. The van der Waals surface area contributed by atoms with E-state index >= 15 is 0 Å². The molecule has 0 bridgehead atoms. The van der Waals surface area contributed by atoms with E-state index in [4.69, 9.17) is 14.9 Å². The van der Waals surface area contributed by atoms with E-state index < -0.39 is 6.09 Å². The maximum atomic E-state index is 12.1. The lowest BCUT2D eigenvalue weighted by atomic mass is 10.2. The molecule has 158 valence electrons. The number of nitrogens with zero attached hydrogens (tertiary/aromatic N) is 1. The van der Waals surface area contributed by atoms with Crippen molar-refractivity contribution in [2.45, 2.75) is 31.9 Å². The SMILES string of the molecule is CSCCC(N)c1nc(C(=O)NCCCCNC(=O)OCc2ccccc2)co1. The Morgan fingerprint density at radius 1 is 1.21 bits per heavy atom. The molecule has 0 radical (unpaired) electrons. The lowest BCUT2D eigenvalue weighted by molar-refractivity contribution is 0.0947. The highest BCUT2D eigenvalue weighted by atomic mass is 32.2. The molecule has 0 fully saturated rings. The summed E-state index contributed by atoms with van der Waals surface area (Å²) in [7, 11) is 0. The third-order valence-electron chi connectivity index (χ3n) is 4.08. The predicted molar refractivity (Wildman–Crippen MR) is 113 cm³/mol. The number of amides is 2. The first-order valence-corrected chi connectivity index (χ1v) is 10.9. The van der Waals surface area contributed by atoms with Gasteiger partial charge in [-0.3, -0.25) is 4.79 Å². The van der Waals surface area contributed by atoms with Crippen LogP contribution in [-0.2, 0) is 11.3 Å². The van der Waals surface area contributed by atoms with Crippen molar-refractivity contribution in [2.75, 3.05) is 25.1 Å². The molecular weight excluding hydrogens is 392 g/mol. The monoisotopic (exact) mass is 420 g/mol. The Labute approximate surface area is 175 Å². The van der Waals surface area contributed by atoms with Crippen LogP contribution in [0.3, 0.4) is 0 Å². The van der Waals surface area contributed by atoms with Crippen LogP contribution in [0.1, 0.15) is 47.2 Å². The predicted octanol–water partition coefficient (Wildman–Crippen LogP) is 2.86. The fourth-order valence-electron chi connectivity index (χ4n) is 2.44. The molecule has 1 aromatic heterocycles. The fraction of sp³-hybridized carbons (Fsp3) is 0.450. The number of thioether (sulfide) groups is 1. The molecule has 1 heterocycles. The Kier molecular flexibility index (Phi) is 10.1. The van der Waals surface area contributed by atoms with Gasteiger partial charge in [0.05, 0.1) is 6.04 Å². The first-order chi connectivity index (χ1) is 14.1. The van der Waals surface area contributed by atoms with Gasteiger partial charge in [-0.05, 0) is 36.8 Å². The van der Waals surface area contributed by atoms with Crippen LogP contribution >= 0.6 is 11.8 Å². The van der Waals surface area contributed by atoms with E-state index in [0.717, 1.165) is 17.7 Å². The minimum absolute atomic E-state index is 0.224. The Morgan fingerprint density at radius 3 is 2.66 bits per heavy atom. The third kappa shape index (κ3) is 8.57. The molecule has 0 aliphatic rings. The van der Waals surface area contributed by atoms with Crippen LogP contribution in [0.4, 0.5) is 4.79 Å². The molecule has 2 aromatic rings. The second-order valence-electron chi connectivity index (χ2n) is 6.41. The molecule has 1 aromatic carbocycles. The van der Waals surface area contributed by atoms with Gasteiger partial charge in [0.25, 0.3) is 5.91 Å². The van der Waals surface area contributed by atoms with Crippen LogP contribution in [0.5, 0.6) is 0 Å². The molecule has 9 heteroatoms. The minimum Gasteiger partial charge on any atom is -0.446 e. The van der Waals surface area contributed by atoms with E-state index in [9.17, 15) is 9.59 Å². The number of carbonyl (C=O) groups is 2. The maximum absolute atomic E-state index is 12.1. The number of alkyl carbamates (subject to hydrolysis) is 1. The van der Waals surface area contributed by atoms with Crippen molar-refractivity contribution in [2.24, 2.45) is 5.73 Å². The average Bonchev–Trinajstić information content (AvgIpc) is 3.24. The third-order valence-corrected chi connectivity index (χ3v) is 4.72. The topological polar surface area (TPSA) is 119 Å². The van der Waals surface area contributed by atoms with Gasteiger partial charge < -0.3 is 25.5 Å². The van der Waals surface area contributed by atoms with E-state index in [2.05, 4.69) is 15.6 Å². The fourth-order valence-corrected chi connectivity index (χ4v) is 2.93. The molecule has 0 aliphatic carbocycles. The molecule has 0 saturated heterocycles. The smallest absolute Gasteiger partial charge is 0.407 e. The number of ether oxygens (including phenoxy) is 1. The molecule has 4 N–H and O–H groups in total. The number of oxazole rings is 1. The van der Waals surface area contributed by atoms with Gasteiger partial charge in [0.15, 0.2) is 5.69 Å². The van der Waals surface area contributed by atoms with Gasteiger partial charge in [0, 0.05) is 13.1 Å². The Morgan fingerprint density at radius 2 is 1.93 bits per heavy atom. The summed E-state index contributed by atoms with van der Waals surface area (Å²) < 4.78 is 10.4. The number of hydrogen-bond acceptors (Lipinski definition) is 7. The summed E-state index contributed by atoms with van der Waals surface area (Å²) in [6, 6.07) is 9.18. The zero-order chi connectivity index (χ0) is 20.9. The van der Waals surface area contributed by atoms with Gasteiger partial charge in [-0.25, -0.2) is 9.78 Å². The number of nitrogens with two attached hydrogens (primary N) is 1. The van der Waals surface area contributed by atoms with Crippen molar-refractivity contribution in [1.29, 1.82) is 0 Å². The highest BCUT2D eigenvalue weighted by Crippen LogP contribution is 2.15. The molecule has 0 aliphatic heterocycles. The zero-order valence-electron chi connectivity index (χ0n) is 16.6. The second kappa shape index (κ2) is 12.8. The number of benzene rings is 1. The van der Waals surface area contributed by atoms with E-state index in [1.807, 2.05) is 36.6 Å². The summed E-state index contributed by atoms with van der Waals surface area (Å²) in [5.41, 5.74) is 7.14. The molecule has 0 saturated carbocycles. The number of unbranched alkanes of at least 4 members (excludes halogenated alkanes) is 1. The van der Waals surface area contributed by atoms with Crippen molar-refractivity contribution in [1.82, 2.24) is 15.6 Å². The molecule has 1 atom stereocenters. The molecular formula is C20H28N4O4S. The summed E-state index contributed by atoms with van der Waals surface area (Å²) in [6.45, 7) is 1.19. The quantitative estimate of drug-likeness (QED) is 0.452. The van der Waals surface area contributed by atoms with Crippen molar-refractivity contribution in [3.05, 3.63) is 53.7 Å². The number of aromatic nitrogens is 1. The van der Waals surface area contributed by atoms with Gasteiger partial charge in [0.1, 0.15) is 12.9 Å². The largest absolute Gasteiger partial charge is 0.446 e. The highest BCUT2D eigenvalue weighted by Gasteiger charge is 2.16. The van der Waals surface area contributed by atoms with Gasteiger partial charge in [-0.1, -0.05) is 30.3 Å². The number of hydrogen-bond donors (Lipinski definition) is 3. The van der Waals surface area contributed by atoms with Gasteiger partial charge in [-0.2, -0.15) is 11.8 Å². The molecule has 2 rings (SSSR count). The second-order valence-corrected chi connectivity index (χ2v) is 7.40. The molecule has 8 nitrogen and oxygen atoms in total. The lowest BCUT2D eigenvalue weighted by Crippen LogP contribution is -2.28. The number of carbonyl (C=O) groups excluding carboxylic acids is 2. The Balaban J connectivity index is 1.55. The Bertz CT molecular complexity index is 754. The zero-order valence-corrected chi connectivity index (χ0v) is 17.4. The van der Waals surface area contributed by atoms with Crippen molar-refractivity contribution in [3.8, 4) is 0 Å². The van der Waals surface area contributed by atoms with Crippen molar-refractivity contribution in [3.63, 3.8) is 0 Å². The first-order valence-electron chi connectivity index (χ1n) is 9.53. The number of rotatable bonds is 12. The summed E-state index contributed by atoms with van der Waals surface area (Å²) in [6.07, 6.45) is 5.04. The molecule has 1 unspecified atom stereocenters. The minimum atomic E-state index is -0.453. The van der Waals surface area contributed by atoms with Crippen LogP contribution in [0.25, 0.3) is 0 Å². The van der Waals surface area contributed by atoms with Crippen LogP contribution in [0, 0.1) is 0 Å².